The maximum absolute atomic E-state index is 12.3. The van der Waals surface area contributed by atoms with E-state index in [0.717, 1.165) is 42.7 Å². The van der Waals surface area contributed by atoms with Crippen molar-refractivity contribution >= 4 is 23.6 Å². The minimum Gasteiger partial charge on any atom is -0.497 e. The van der Waals surface area contributed by atoms with Crippen LogP contribution in [0, 0.1) is 0 Å². The van der Waals surface area contributed by atoms with Gasteiger partial charge in [0.2, 0.25) is 5.91 Å². The molecule has 1 aliphatic carbocycles. The van der Waals surface area contributed by atoms with Crippen LogP contribution in [0.5, 0.6) is 5.75 Å². The second-order valence-corrected chi connectivity index (χ2v) is 6.98. The quantitative estimate of drug-likeness (QED) is 0.748. The van der Waals surface area contributed by atoms with Gasteiger partial charge >= 0.3 is 5.97 Å². The summed E-state index contributed by atoms with van der Waals surface area (Å²) in [7, 11) is 1.61. The van der Waals surface area contributed by atoms with Gasteiger partial charge in [-0.1, -0.05) is 25.3 Å². The fraction of sp³-hybridized carbons (Fsp3) is 0.529. The second-order valence-electron chi connectivity index (χ2n) is 5.93. The number of thioether (sulfide) groups is 1. The second kappa shape index (κ2) is 8.24. The van der Waals surface area contributed by atoms with Crippen LogP contribution >= 0.6 is 11.8 Å². The molecule has 0 bridgehead atoms. The standard InChI is InChI=1S/C17H23NO4S/c1-22-13-6-5-7-14(10-13)23-12-15(19)18-17(11-16(20)21)8-3-2-4-9-17/h5-7,10H,2-4,8-9,11-12H2,1H3,(H,18,19)(H,20,21). The van der Waals surface area contributed by atoms with Crippen molar-refractivity contribution in [2.45, 2.75) is 49.0 Å². The third-order valence-electron chi connectivity index (χ3n) is 4.12. The minimum atomic E-state index is -0.854. The Balaban J connectivity index is 1.92. The summed E-state index contributed by atoms with van der Waals surface area (Å²) in [5.41, 5.74) is -0.573. The number of carbonyl (C=O) groups is 2. The SMILES string of the molecule is COc1cccc(SCC(=O)NC2(CC(=O)O)CCCCC2)c1. The average Bonchev–Trinajstić information content (AvgIpc) is 2.53. The van der Waals surface area contributed by atoms with E-state index in [1.165, 1.54) is 11.8 Å². The van der Waals surface area contributed by atoms with Crippen LogP contribution in [0.2, 0.25) is 0 Å². The topological polar surface area (TPSA) is 75.6 Å². The molecule has 0 heterocycles. The average molecular weight is 337 g/mol. The molecule has 0 unspecified atom stereocenters. The summed E-state index contributed by atoms with van der Waals surface area (Å²) in [6, 6.07) is 7.54. The van der Waals surface area contributed by atoms with E-state index in [2.05, 4.69) is 5.32 Å². The van der Waals surface area contributed by atoms with E-state index in [-0.39, 0.29) is 18.1 Å². The van der Waals surface area contributed by atoms with Gasteiger partial charge in [-0.25, -0.2) is 0 Å². The van der Waals surface area contributed by atoms with E-state index in [4.69, 9.17) is 9.84 Å². The summed E-state index contributed by atoms with van der Waals surface area (Å²) < 4.78 is 5.16. The number of aliphatic carboxylic acids is 1. The molecule has 23 heavy (non-hydrogen) atoms. The number of rotatable bonds is 7. The normalized spacial score (nSPS) is 16.6. The number of amides is 1. The Kier molecular flexibility index (Phi) is 6.33. The lowest BCUT2D eigenvalue weighted by atomic mass is 9.79. The lowest BCUT2D eigenvalue weighted by Gasteiger charge is -2.37. The fourth-order valence-electron chi connectivity index (χ4n) is 3.04. The van der Waals surface area contributed by atoms with Crippen molar-refractivity contribution in [2.75, 3.05) is 12.9 Å². The third-order valence-corrected chi connectivity index (χ3v) is 5.11. The number of hydrogen-bond donors (Lipinski definition) is 2. The van der Waals surface area contributed by atoms with Crippen LogP contribution in [0.15, 0.2) is 29.2 Å². The minimum absolute atomic E-state index is 0.00255. The first-order chi connectivity index (χ1) is 11.0. The summed E-state index contributed by atoms with van der Waals surface area (Å²) in [4.78, 5) is 24.4. The van der Waals surface area contributed by atoms with Gasteiger partial charge in [-0.3, -0.25) is 9.59 Å². The Hall–Kier alpha value is -1.69. The van der Waals surface area contributed by atoms with Gasteiger partial charge in [-0.05, 0) is 31.0 Å². The molecule has 1 aliphatic rings. The fourth-order valence-corrected chi connectivity index (χ4v) is 3.78. The summed E-state index contributed by atoms with van der Waals surface area (Å²) in [5, 5.41) is 12.1. The summed E-state index contributed by atoms with van der Waals surface area (Å²) in [5.74, 6) is 0.0628. The Morgan fingerprint density at radius 3 is 2.70 bits per heavy atom. The predicted molar refractivity (Wildman–Crippen MR) is 89.9 cm³/mol. The first-order valence-corrected chi connectivity index (χ1v) is 8.81. The molecule has 1 aromatic rings. The van der Waals surface area contributed by atoms with Crippen molar-refractivity contribution in [3.63, 3.8) is 0 Å². The Morgan fingerprint density at radius 1 is 1.30 bits per heavy atom. The van der Waals surface area contributed by atoms with Crippen molar-refractivity contribution in [1.82, 2.24) is 5.32 Å². The van der Waals surface area contributed by atoms with Gasteiger partial charge < -0.3 is 15.2 Å². The van der Waals surface area contributed by atoms with E-state index >= 15 is 0 Å². The van der Waals surface area contributed by atoms with Crippen LogP contribution in [0.3, 0.4) is 0 Å². The van der Waals surface area contributed by atoms with Crippen LogP contribution in [-0.2, 0) is 9.59 Å². The largest absolute Gasteiger partial charge is 0.497 e. The lowest BCUT2D eigenvalue weighted by molar-refractivity contribution is -0.139. The Labute approximate surface area is 140 Å². The molecule has 0 aromatic heterocycles. The summed E-state index contributed by atoms with van der Waals surface area (Å²) in [6.07, 6.45) is 4.54. The molecule has 0 atom stereocenters. The Morgan fingerprint density at radius 2 is 2.04 bits per heavy atom. The van der Waals surface area contributed by atoms with E-state index in [9.17, 15) is 9.59 Å². The van der Waals surface area contributed by atoms with Gasteiger partial charge in [0.05, 0.1) is 24.8 Å². The lowest BCUT2D eigenvalue weighted by Crippen LogP contribution is -2.51. The highest BCUT2D eigenvalue weighted by atomic mass is 32.2. The van der Waals surface area contributed by atoms with Crippen LogP contribution in [0.25, 0.3) is 0 Å². The van der Waals surface area contributed by atoms with Gasteiger partial charge in [-0.2, -0.15) is 0 Å². The van der Waals surface area contributed by atoms with Crippen LogP contribution in [0.1, 0.15) is 38.5 Å². The molecule has 2 rings (SSSR count). The van der Waals surface area contributed by atoms with Crippen molar-refractivity contribution in [2.24, 2.45) is 0 Å². The zero-order valence-corrected chi connectivity index (χ0v) is 14.2. The number of carboxylic acid groups (broad SMARTS) is 1. The van der Waals surface area contributed by atoms with Gasteiger partial charge in [0.25, 0.3) is 0 Å². The highest BCUT2D eigenvalue weighted by molar-refractivity contribution is 8.00. The number of methoxy groups -OCH3 is 1. The summed E-state index contributed by atoms with van der Waals surface area (Å²) >= 11 is 1.42. The molecule has 2 N–H and O–H groups in total. The van der Waals surface area contributed by atoms with Gasteiger partial charge in [0.15, 0.2) is 0 Å². The molecule has 1 amide bonds. The van der Waals surface area contributed by atoms with Gasteiger partial charge in [-0.15, -0.1) is 11.8 Å². The third kappa shape index (κ3) is 5.46. The highest BCUT2D eigenvalue weighted by Crippen LogP contribution is 2.31. The molecule has 0 spiro atoms. The van der Waals surface area contributed by atoms with Gasteiger partial charge in [0, 0.05) is 4.90 Å². The number of benzene rings is 1. The first kappa shape index (κ1) is 17.7. The zero-order chi connectivity index (χ0) is 16.7. The van der Waals surface area contributed by atoms with E-state index in [0.29, 0.717) is 0 Å². The molecule has 1 aromatic carbocycles. The van der Waals surface area contributed by atoms with Crippen LogP contribution in [-0.4, -0.2) is 35.4 Å². The molecule has 0 radical (unpaired) electrons. The van der Waals surface area contributed by atoms with Crippen LogP contribution < -0.4 is 10.1 Å². The zero-order valence-electron chi connectivity index (χ0n) is 13.3. The first-order valence-electron chi connectivity index (χ1n) is 7.83. The number of carbonyl (C=O) groups excluding carboxylic acids is 1. The molecule has 6 heteroatoms. The molecule has 0 aliphatic heterocycles. The highest BCUT2D eigenvalue weighted by Gasteiger charge is 2.35. The molecule has 5 nitrogen and oxygen atoms in total. The molecule has 1 fully saturated rings. The van der Waals surface area contributed by atoms with Gasteiger partial charge in [0.1, 0.15) is 5.75 Å². The monoisotopic (exact) mass is 337 g/mol. The molecule has 126 valence electrons. The van der Waals surface area contributed by atoms with Crippen molar-refractivity contribution in [3.8, 4) is 5.75 Å². The predicted octanol–water partition coefficient (Wildman–Crippen LogP) is 3.08. The molecular weight excluding hydrogens is 314 g/mol. The summed E-state index contributed by atoms with van der Waals surface area (Å²) in [6.45, 7) is 0. The molecule has 1 saturated carbocycles. The van der Waals surface area contributed by atoms with Crippen molar-refractivity contribution < 1.29 is 19.4 Å². The number of ether oxygens (including phenoxy) is 1. The number of nitrogens with one attached hydrogen (secondary N) is 1. The molecular formula is C17H23NO4S. The van der Waals surface area contributed by atoms with Crippen molar-refractivity contribution in [3.05, 3.63) is 24.3 Å². The van der Waals surface area contributed by atoms with Crippen LogP contribution in [0.4, 0.5) is 0 Å². The van der Waals surface area contributed by atoms with E-state index < -0.39 is 11.5 Å². The number of hydrogen-bond acceptors (Lipinski definition) is 4. The maximum atomic E-state index is 12.3. The Bertz CT molecular complexity index is 555. The van der Waals surface area contributed by atoms with Crippen molar-refractivity contribution in [1.29, 1.82) is 0 Å². The smallest absolute Gasteiger partial charge is 0.305 e. The number of carboxylic acids is 1. The van der Waals surface area contributed by atoms with E-state index in [1.807, 2.05) is 24.3 Å². The van der Waals surface area contributed by atoms with E-state index in [1.54, 1.807) is 7.11 Å². The molecule has 0 saturated heterocycles. The maximum Gasteiger partial charge on any atom is 0.305 e.